The van der Waals surface area contributed by atoms with Crippen molar-refractivity contribution < 1.29 is 33.3 Å². The van der Waals surface area contributed by atoms with E-state index in [0.29, 0.717) is 27.8 Å². The van der Waals surface area contributed by atoms with Gasteiger partial charge in [-0.3, -0.25) is 19.4 Å². The lowest BCUT2D eigenvalue weighted by atomic mass is 10.1. The minimum absolute atomic E-state index is 0.181. The van der Waals surface area contributed by atoms with E-state index in [0.717, 1.165) is 5.56 Å². The Balaban J connectivity index is 1.49. The van der Waals surface area contributed by atoms with Crippen LogP contribution in [0.3, 0.4) is 0 Å². The van der Waals surface area contributed by atoms with Gasteiger partial charge >= 0.3 is 0 Å². The van der Waals surface area contributed by atoms with Gasteiger partial charge in [-0.05, 0) is 42.0 Å². The lowest BCUT2D eigenvalue weighted by Gasteiger charge is -2.22. The van der Waals surface area contributed by atoms with Gasteiger partial charge in [0.1, 0.15) is 6.10 Å². The Morgan fingerprint density at radius 1 is 1.02 bits per heavy atom. The van der Waals surface area contributed by atoms with Gasteiger partial charge in [-0.25, -0.2) is 0 Å². The second kappa shape index (κ2) is 11.7. The van der Waals surface area contributed by atoms with Gasteiger partial charge in [0.05, 0.1) is 37.4 Å². The number of likely N-dealkylation sites (tertiary alicyclic amines) is 1. The molecule has 12 heteroatoms. The molecule has 3 amide bonds. The smallest absolute Gasteiger partial charge is 0.258 e. The molecule has 4 heterocycles. The van der Waals surface area contributed by atoms with E-state index in [1.165, 1.54) is 32.7 Å². The second-order valence-electron chi connectivity index (χ2n) is 9.25. The third-order valence-electron chi connectivity index (χ3n) is 6.60. The van der Waals surface area contributed by atoms with Gasteiger partial charge in [0.25, 0.3) is 17.7 Å². The number of rotatable bonds is 3. The number of nitrogens with one attached hydrogen (secondary N) is 2. The zero-order valence-corrected chi connectivity index (χ0v) is 22.6. The fraction of sp³-hybridized carbons (Fsp3) is 0.286. The Kier molecular flexibility index (Phi) is 7.92. The van der Waals surface area contributed by atoms with E-state index < -0.39 is 18.1 Å². The molecule has 6 rings (SSSR count). The fourth-order valence-corrected chi connectivity index (χ4v) is 4.74. The highest BCUT2D eigenvalue weighted by Crippen LogP contribution is 2.32. The summed E-state index contributed by atoms with van der Waals surface area (Å²) in [6.07, 6.45) is 2.29. The number of hydrogen-bond donors (Lipinski definition) is 2. The summed E-state index contributed by atoms with van der Waals surface area (Å²) in [5.41, 5.74) is 1.39. The first-order valence-corrected chi connectivity index (χ1v) is 12.8. The van der Waals surface area contributed by atoms with Crippen LogP contribution in [-0.4, -0.2) is 73.7 Å². The van der Waals surface area contributed by atoms with Crippen LogP contribution >= 0.6 is 11.6 Å². The maximum Gasteiger partial charge on any atom is 0.258 e. The van der Waals surface area contributed by atoms with E-state index in [1.54, 1.807) is 41.3 Å². The molecule has 2 aromatic carbocycles. The number of ether oxygens (including phenoxy) is 4. The summed E-state index contributed by atoms with van der Waals surface area (Å²) in [5.74, 6) is 0.426. The van der Waals surface area contributed by atoms with Crippen molar-refractivity contribution in [1.29, 1.82) is 0 Å². The van der Waals surface area contributed by atoms with Crippen molar-refractivity contribution in [2.75, 3.05) is 33.9 Å². The molecule has 3 aliphatic heterocycles. The Morgan fingerprint density at radius 2 is 1.85 bits per heavy atom. The topological polar surface area (TPSA) is 128 Å². The molecular formula is C28H27ClN4O7. The molecule has 11 nitrogen and oxygen atoms in total. The van der Waals surface area contributed by atoms with Gasteiger partial charge in [0.15, 0.2) is 29.6 Å². The van der Waals surface area contributed by atoms with Crippen LogP contribution in [0.5, 0.6) is 23.0 Å². The van der Waals surface area contributed by atoms with E-state index >= 15 is 0 Å². The molecule has 4 bridgehead atoms. The van der Waals surface area contributed by atoms with E-state index in [9.17, 15) is 14.4 Å². The molecule has 1 saturated heterocycles. The van der Waals surface area contributed by atoms with Gasteiger partial charge in [0, 0.05) is 31.0 Å². The Morgan fingerprint density at radius 3 is 2.62 bits per heavy atom. The maximum absolute atomic E-state index is 13.4. The summed E-state index contributed by atoms with van der Waals surface area (Å²) in [7, 11) is 2.98. The number of halogens is 1. The average Bonchev–Trinajstić information content (AvgIpc) is 3.36. The van der Waals surface area contributed by atoms with E-state index in [1.807, 2.05) is 0 Å². The summed E-state index contributed by atoms with van der Waals surface area (Å²) in [6, 6.07) is 10.9. The lowest BCUT2D eigenvalue weighted by molar-refractivity contribution is -0.123. The lowest BCUT2D eigenvalue weighted by Crippen LogP contribution is -2.45. The first-order chi connectivity index (χ1) is 19.3. The van der Waals surface area contributed by atoms with E-state index in [2.05, 4.69) is 15.6 Å². The standard InChI is InChI=1S/C28H27ClN4O7/c1-37-21-6-4-17-9-24(21)39-15-26(34)31-10-16-3-5-22(23(7-16)38-2)40-25-14-33(13-20(25)32-27(17)35)28(36)18-8-19(29)12-30-11-18/h3-9,11-12,20,25H,10,13-15H2,1-2H3,(H,31,34)(H,32,35)/t20-,25-/m0/s1. The van der Waals surface area contributed by atoms with Crippen LogP contribution < -0.4 is 29.6 Å². The number of nitrogens with zero attached hydrogens (tertiary/aromatic N) is 2. The van der Waals surface area contributed by atoms with Crippen molar-refractivity contribution in [3.63, 3.8) is 0 Å². The number of methoxy groups -OCH3 is 2. The largest absolute Gasteiger partial charge is 0.493 e. The SMILES string of the molecule is COc1ccc2cc1OCC(=O)NCc1ccc(c(OC)c1)O[C@H]1CN(C(=O)c3cncc(Cl)c3)C[C@@H]1NC2=O. The number of carbonyl (C=O) groups is 3. The van der Waals surface area contributed by atoms with Crippen molar-refractivity contribution in [2.45, 2.75) is 18.7 Å². The molecule has 40 heavy (non-hydrogen) atoms. The predicted octanol–water partition coefficient (Wildman–Crippen LogP) is 2.46. The number of hydrogen-bond acceptors (Lipinski definition) is 8. The fourth-order valence-electron chi connectivity index (χ4n) is 4.57. The minimum atomic E-state index is -0.607. The maximum atomic E-state index is 13.4. The molecule has 2 N–H and O–H groups in total. The first kappa shape index (κ1) is 27.1. The molecule has 1 fully saturated rings. The zero-order valence-electron chi connectivity index (χ0n) is 21.8. The highest BCUT2D eigenvalue weighted by Gasteiger charge is 2.39. The summed E-state index contributed by atoms with van der Waals surface area (Å²) in [4.78, 5) is 44.7. The number of benzene rings is 2. The van der Waals surface area contributed by atoms with Crippen LogP contribution in [0.25, 0.3) is 0 Å². The van der Waals surface area contributed by atoms with Crippen LogP contribution in [0.2, 0.25) is 5.02 Å². The van der Waals surface area contributed by atoms with Crippen LogP contribution in [0.1, 0.15) is 26.3 Å². The second-order valence-corrected chi connectivity index (χ2v) is 9.69. The average molecular weight is 567 g/mol. The summed E-state index contributed by atoms with van der Waals surface area (Å²) in [6.45, 7) is 0.326. The highest BCUT2D eigenvalue weighted by atomic mass is 35.5. The molecule has 0 aliphatic carbocycles. The number of fused-ring (bicyclic) bond motifs is 7. The quantitative estimate of drug-likeness (QED) is 0.495. The van der Waals surface area contributed by atoms with Gasteiger partial charge in [-0.2, -0.15) is 0 Å². The van der Waals surface area contributed by atoms with Gasteiger partial charge in [-0.1, -0.05) is 17.7 Å². The van der Waals surface area contributed by atoms with Crippen molar-refractivity contribution in [3.8, 4) is 23.0 Å². The molecule has 208 valence electrons. The molecule has 1 aromatic heterocycles. The van der Waals surface area contributed by atoms with Crippen LogP contribution in [0, 0.1) is 0 Å². The van der Waals surface area contributed by atoms with E-state index in [4.69, 9.17) is 30.5 Å². The van der Waals surface area contributed by atoms with Crippen molar-refractivity contribution >= 4 is 29.3 Å². The molecule has 0 spiro atoms. The molecule has 3 aromatic rings. The zero-order chi connectivity index (χ0) is 28.2. The van der Waals surface area contributed by atoms with Crippen LogP contribution in [0.15, 0.2) is 54.9 Å². The molecule has 0 saturated carbocycles. The Hall–Kier alpha value is -4.51. The molecular weight excluding hydrogens is 540 g/mol. The van der Waals surface area contributed by atoms with E-state index in [-0.39, 0.29) is 49.4 Å². The summed E-state index contributed by atoms with van der Waals surface area (Å²) >= 11 is 6.05. The summed E-state index contributed by atoms with van der Waals surface area (Å²) in [5, 5.41) is 6.12. The Bertz CT molecular complexity index is 1450. The van der Waals surface area contributed by atoms with Crippen molar-refractivity contribution in [2.24, 2.45) is 0 Å². The van der Waals surface area contributed by atoms with Crippen molar-refractivity contribution in [3.05, 3.63) is 76.6 Å². The molecule has 2 atom stereocenters. The van der Waals surface area contributed by atoms with Crippen LogP contribution in [0.4, 0.5) is 0 Å². The minimum Gasteiger partial charge on any atom is -0.493 e. The first-order valence-electron chi connectivity index (χ1n) is 12.5. The van der Waals surface area contributed by atoms with Crippen LogP contribution in [-0.2, 0) is 11.3 Å². The normalized spacial score (nSPS) is 18.9. The third-order valence-corrected chi connectivity index (χ3v) is 6.81. The number of amides is 3. The molecule has 0 unspecified atom stereocenters. The summed E-state index contributed by atoms with van der Waals surface area (Å²) < 4.78 is 22.9. The monoisotopic (exact) mass is 566 g/mol. The van der Waals surface area contributed by atoms with Gasteiger partial charge < -0.3 is 34.5 Å². The Labute approximate surface area is 235 Å². The molecule has 0 radical (unpaired) electrons. The van der Waals surface area contributed by atoms with Crippen molar-refractivity contribution in [1.82, 2.24) is 20.5 Å². The number of aromatic nitrogens is 1. The highest BCUT2D eigenvalue weighted by molar-refractivity contribution is 6.30. The predicted molar refractivity (Wildman–Crippen MR) is 144 cm³/mol. The van der Waals surface area contributed by atoms with Gasteiger partial charge in [0.2, 0.25) is 0 Å². The molecule has 3 aliphatic rings. The van der Waals surface area contributed by atoms with Gasteiger partial charge in [-0.15, -0.1) is 0 Å². The third kappa shape index (κ3) is 5.89. The number of pyridine rings is 1. The number of carbonyl (C=O) groups excluding carboxylic acids is 3.